The zero-order valence-electron chi connectivity index (χ0n) is 15.3. The number of aryl methyl sites for hydroxylation is 1. The summed E-state index contributed by atoms with van der Waals surface area (Å²) < 4.78 is 6.28. The number of nitrogens with zero attached hydrogens (tertiary/aromatic N) is 1. The fraction of sp³-hybridized carbons (Fsp3) is 0.450. The van der Waals surface area contributed by atoms with E-state index >= 15 is 0 Å². The number of aliphatic hydroxyl groups is 1. The Hall–Kier alpha value is -1.89. The summed E-state index contributed by atoms with van der Waals surface area (Å²) in [5, 5.41) is 16.6. The Balaban J connectivity index is 1.75. The van der Waals surface area contributed by atoms with Gasteiger partial charge in [-0.3, -0.25) is 9.69 Å². The highest BCUT2D eigenvalue weighted by Crippen LogP contribution is 2.32. The smallest absolute Gasteiger partial charge is 0.234 e. The van der Waals surface area contributed by atoms with Gasteiger partial charge in [0.15, 0.2) is 0 Å². The summed E-state index contributed by atoms with van der Waals surface area (Å²) in [6.07, 6.45) is 0.0395. The Kier molecular flexibility index (Phi) is 6.29. The first kappa shape index (κ1) is 18.9. The molecule has 6 heteroatoms. The first-order chi connectivity index (χ1) is 12.5. The molecule has 3 rings (SSSR count). The Morgan fingerprint density at radius 2 is 2.31 bits per heavy atom. The van der Waals surface area contributed by atoms with E-state index in [-0.39, 0.29) is 18.6 Å². The normalized spacial score (nSPS) is 18.5. The lowest BCUT2D eigenvalue weighted by molar-refractivity contribution is -0.123. The molecule has 2 aromatic rings. The number of carbonyl (C=O) groups excluding carboxylic acids is 1. The van der Waals surface area contributed by atoms with E-state index in [1.54, 1.807) is 11.3 Å². The molecule has 1 aromatic heterocycles. The number of aliphatic hydroxyl groups excluding tert-OH is 1. The van der Waals surface area contributed by atoms with Crippen LogP contribution in [0.25, 0.3) is 0 Å². The molecule has 0 spiro atoms. The number of benzene rings is 1. The number of carbonyl (C=O) groups is 1. The Morgan fingerprint density at radius 1 is 1.46 bits per heavy atom. The summed E-state index contributed by atoms with van der Waals surface area (Å²) in [7, 11) is 0. The van der Waals surface area contributed by atoms with Gasteiger partial charge in [0.1, 0.15) is 11.9 Å². The number of rotatable bonds is 6. The molecule has 0 aliphatic carbocycles. The molecule has 5 nitrogen and oxygen atoms in total. The highest BCUT2D eigenvalue weighted by molar-refractivity contribution is 7.07. The van der Waals surface area contributed by atoms with Crippen LogP contribution in [0, 0.1) is 6.92 Å². The van der Waals surface area contributed by atoms with Crippen molar-refractivity contribution in [3.05, 3.63) is 51.7 Å². The number of hydrogen-bond acceptors (Lipinski definition) is 5. The molecular weight excluding hydrogens is 348 g/mol. The third-order valence-electron chi connectivity index (χ3n) is 4.59. The van der Waals surface area contributed by atoms with Gasteiger partial charge in [0, 0.05) is 30.8 Å². The van der Waals surface area contributed by atoms with Crippen LogP contribution in [0.15, 0.2) is 35.0 Å². The van der Waals surface area contributed by atoms with E-state index in [1.165, 1.54) is 5.56 Å². The van der Waals surface area contributed by atoms with Crippen molar-refractivity contribution in [2.45, 2.75) is 39.0 Å². The van der Waals surface area contributed by atoms with Crippen LogP contribution >= 0.6 is 11.3 Å². The zero-order valence-corrected chi connectivity index (χ0v) is 16.1. The molecule has 1 amide bonds. The molecule has 1 aliphatic heterocycles. The molecular formula is C20H26N2O3S. The number of hydrogen-bond donors (Lipinski definition) is 2. The van der Waals surface area contributed by atoms with Crippen molar-refractivity contribution in [1.29, 1.82) is 0 Å². The van der Waals surface area contributed by atoms with Crippen molar-refractivity contribution >= 4 is 17.2 Å². The molecule has 26 heavy (non-hydrogen) atoms. The van der Waals surface area contributed by atoms with E-state index in [0.29, 0.717) is 26.1 Å². The van der Waals surface area contributed by atoms with Gasteiger partial charge in [0.25, 0.3) is 0 Å². The van der Waals surface area contributed by atoms with Gasteiger partial charge in [0.05, 0.1) is 12.6 Å². The van der Waals surface area contributed by atoms with E-state index in [2.05, 4.69) is 40.7 Å². The van der Waals surface area contributed by atoms with Crippen LogP contribution in [0.5, 0.6) is 5.75 Å². The van der Waals surface area contributed by atoms with Crippen molar-refractivity contribution in [2.24, 2.45) is 0 Å². The second-order valence-electron chi connectivity index (χ2n) is 6.81. The number of amides is 1. The molecule has 140 valence electrons. The van der Waals surface area contributed by atoms with Crippen molar-refractivity contribution in [3.8, 4) is 5.75 Å². The molecule has 2 atom stereocenters. The topological polar surface area (TPSA) is 61.8 Å². The van der Waals surface area contributed by atoms with Crippen LogP contribution in [-0.2, 0) is 11.3 Å². The summed E-state index contributed by atoms with van der Waals surface area (Å²) in [6, 6.07) is 8.27. The molecule has 0 saturated heterocycles. The van der Waals surface area contributed by atoms with Crippen molar-refractivity contribution in [3.63, 3.8) is 0 Å². The third kappa shape index (κ3) is 4.84. The van der Waals surface area contributed by atoms with Crippen LogP contribution in [0.1, 0.15) is 36.1 Å². The highest BCUT2D eigenvalue weighted by atomic mass is 32.1. The lowest BCUT2D eigenvalue weighted by Gasteiger charge is -2.23. The predicted octanol–water partition coefficient (Wildman–Crippen LogP) is 2.88. The number of fused-ring (bicyclic) bond motifs is 1. The van der Waals surface area contributed by atoms with E-state index in [4.69, 9.17) is 4.74 Å². The zero-order chi connectivity index (χ0) is 18.5. The maximum atomic E-state index is 12.3. The van der Waals surface area contributed by atoms with E-state index in [1.807, 2.05) is 18.4 Å². The summed E-state index contributed by atoms with van der Waals surface area (Å²) in [5.74, 6) is 0.814. The first-order valence-electron chi connectivity index (χ1n) is 9.00. The second-order valence-corrected chi connectivity index (χ2v) is 7.59. The fourth-order valence-electron chi connectivity index (χ4n) is 3.06. The van der Waals surface area contributed by atoms with Crippen LogP contribution in [0.3, 0.4) is 0 Å². The standard InChI is InChI=1S/C20H26N2O3S/c1-3-17(23)9-21-20(24)12-22-10-16-8-14(2)4-5-18(16)25-19(11-22)15-6-7-26-13-15/h4-8,13,17,19,23H,3,9-12H2,1-2H3,(H,21,24). The van der Waals surface area contributed by atoms with Gasteiger partial charge in [-0.25, -0.2) is 0 Å². The van der Waals surface area contributed by atoms with Gasteiger partial charge in [-0.2, -0.15) is 11.3 Å². The molecule has 0 fully saturated rings. The molecule has 2 N–H and O–H groups in total. The Bertz CT molecular complexity index is 733. The Labute approximate surface area is 158 Å². The molecule has 0 radical (unpaired) electrons. The average molecular weight is 375 g/mol. The Morgan fingerprint density at radius 3 is 3.04 bits per heavy atom. The fourth-order valence-corrected chi connectivity index (χ4v) is 3.77. The van der Waals surface area contributed by atoms with Crippen LogP contribution < -0.4 is 10.1 Å². The second kappa shape index (κ2) is 8.66. The highest BCUT2D eigenvalue weighted by Gasteiger charge is 2.26. The number of nitrogens with one attached hydrogen (secondary N) is 1. The minimum atomic E-state index is -0.492. The molecule has 2 heterocycles. The van der Waals surface area contributed by atoms with Crippen LogP contribution in [0.2, 0.25) is 0 Å². The summed E-state index contributed by atoms with van der Waals surface area (Å²) in [4.78, 5) is 14.4. The van der Waals surface area contributed by atoms with Gasteiger partial charge in [0.2, 0.25) is 5.91 Å². The first-order valence-corrected chi connectivity index (χ1v) is 9.94. The molecule has 0 saturated carbocycles. The summed E-state index contributed by atoms with van der Waals surface area (Å²) in [5.41, 5.74) is 3.41. The van der Waals surface area contributed by atoms with Gasteiger partial charge in [-0.1, -0.05) is 24.6 Å². The van der Waals surface area contributed by atoms with Crippen LogP contribution in [-0.4, -0.2) is 41.7 Å². The minimum Gasteiger partial charge on any atom is -0.484 e. The summed E-state index contributed by atoms with van der Waals surface area (Å²) >= 11 is 1.65. The van der Waals surface area contributed by atoms with Crippen molar-refractivity contribution in [1.82, 2.24) is 10.2 Å². The lowest BCUT2D eigenvalue weighted by Crippen LogP contribution is -2.41. The minimum absolute atomic E-state index is 0.0716. The van der Waals surface area contributed by atoms with E-state index < -0.39 is 6.10 Å². The predicted molar refractivity (Wildman–Crippen MR) is 103 cm³/mol. The maximum Gasteiger partial charge on any atom is 0.234 e. The maximum absolute atomic E-state index is 12.3. The number of ether oxygens (including phenoxy) is 1. The molecule has 1 aromatic carbocycles. The SMILES string of the molecule is CCC(O)CNC(=O)CN1Cc2cc(C)ccc2OC(c2ccsc2)C1. The summed E-state index contributed by atoms with van der Waals surface area (Å²) in [6.45, 7) is 5.85. The van der Waals surface area contributed by atoms with Gasteiger partial charge < -0.3 is 15.2 Å². The van der Waals surface area contributed by atoms with Crippen LogP contribution in [0.4, 0.5) is 0 Å². The third-order valence-corrected chi connectivity index (χ3v) is 5.29. The van der Waals surface area contributed by atoms with Crippen molar-refractivity contribution < 1.29 is 14.6 Å². The van der Waals surface area contributed by atoms with Gasteiger partial charge in [-0.15, -0.1) is 0 Å². The molecule has 0 bridgehead atoms. The number of thiophene rings is 1. The average Bonchev–Trinajstić information content (AvgIpc) is 3.09. The monoisotopic (exact) mass is 374 g/mol. The van der Waals surface area contributed by atoms with Gasteiger partial charge >= 0.3 is 0 Å². The lowest BCUT2D eigenvalue weighted by atomic mass is 10.1. The van der Waals surface area contributed by atoms with E-state index in [9.17, 15) is 9.90 Å². The van der Waals surface area contributed by atoms with E-state index in [0.717, 1.165) is 16.9 Å². The van der Waals surface area contributed by atoms with Gasteiger partial charge in [-0.05, 0) is 36.2 Å². The largest absolute Gasteiger partial charge is 0.484 e. The quantitative estimate of drug-likeness (QED) is 0.816. The van der Waals surface area contributed by atoms with Crippen molar-refractivity contribution in [2.75, 3.05) is 19.6 Å². The molecule has 1 aliphatic rings. The molecule has 2 unspecified atom stereocenters.